The fourth-order valence-corrected chi connectivity index (χ4v) is 2.51. The second-order valence-electron chi connectivity index (χ2n) is 7.17. The molecule has 1 aromatic heterocycles. The topological polar surface area (TPSA) is 80.0 Å². The SMILES string of the molecule is CC(C)(C)CCNC(=O)c1sc(NC(C)(C)C)nc1N. The largest absolute Gasteiger partial charge is 0.382 e. The molecule has 4 N–H and O–H groups in total. The van der Waals surface area contributed by atoms with Crippen molar-refractivity contribution in [3.05, 3.63) is 4.88 Å². The Bertz CT molecular complexity index is 468. The number of nitrogens with one attached hydrogen (secondary N) is 2. The molecule has 114 valence electrons. The molecule has 0 radical (unpaired) electrons. The van der Waals surface area contributed by atoms with E-state index in [-0.39, 0.29) is 22.7 Å². The molecule has 1 aromatic rings. The number of amides is 1. The van der Waals surface area contributed by atoms with Gasteiger partial charge < -0.3 is 16.4 Å². The highest BCUT2D eigenvalue weighted by Gasteiger charge is 2.19. The molecule has 1 rings (SSSR count). The van der Waals surface area contributed by atoms with E-state index in [1.54, 1.807) is 0 Å². The quantitative estimate of drug-likeness (QED) is 0.798. The first-order valence-corrected chi connectivity index (χ1v) is 7.62. The zero-order chi connectivity index (χ0) is 15.6. The van der Waals surface area contributed by atoms with Gasteiger partial charge in [0.1, 0.15) is 10.7 Å². The van der Waals surface area contributed by atoms with Crippen molar-refractivity contribution in [2.75, 3.05) is 17.6 Å². The van der Waals surface area contributed by atoms with Crippen molar-refractivity contribution in [1.29, 1.82) is 0 Å². The van der Waals surface area contributed by atoms with Crippen molar-refractivity contribution in [2.24, 2.45) is 5.41 Å². The Labute approximate surface area is 125 Å². The number of aromatic nitrogens is 1. The number of rotatable bonds is 4. The number of nitrogen functional groups attached to an aromatic ring is 1. The minimum absolute atomic E-state index is 0.107. The first-order valence-electron chi connectivity index (χ1n) is 6.81. The minimum Gasteiger partial charge on any atom is -0.382 e. The van der Waals surface area contributed by atoms with Crippen molar-refractivity contribution in [3.63, 3.8) is 0 Å². The third-order valence-corrected chi connectivity index (χ3v) is 3.49. The van der Waals surface area contributed by atoms with Gasteiger partial charge in [-0.25, -0.2) is 4.98 Å². The van der Waals surface area contributed by atoms with Gasteiger partial charge in [-0.3, -0.25) is 4.79 Å². The lowest BCUT2D eigenvalue weighted by Gasteiger charge is -2.19. The molecule has 0 bridgehead atoms. The molecule has 0 aromatic carbocycles. The second-order valence-corrected chi connectivity index (χ2v) is 8.17. The molecule has 5 nitrogen and oxygen atoms in total. The monoisotopic (exact) mass is 298 g/mol. The lowest BCUT2D eigenvalue weighted by atomic mass is 9.92. The molecule has 0 saturated heterocycles. The third kappa shape index (κ3) is 5.77. The van der Waals surface area contributed by atoms with Gasteiger partial charge in [0.2, 0.25) is 0 Å². The van der Waals surface area contributed by atoms with Crippen LogP contribution in [-0.2, 0) is 0 Å². The summed E-state index contributed by atoms with van der Waals surface area (Å²) in [6.07, 6.45) is 0.921. The van der Waals surface area contributed by atoms with Crippen LogP contribution in [0.5, 0.6) is 0 Å². The lowest BCUT2D eigenvalue weighted by Crippen LogP contribution is -2.27. The maximum Gasteiger partial charge on any atom is 0.265 e. The maximum atomic E-state index is 12.1. The van der Waals surface area contributed by atoms with E-state index in [0.29, 0.717) is 16.6 Å². The van der Waals surface area contributed by atoms with Gasteiger partial charge in [0.05, 0.1) is 0 Å². The highest BCUT2D eigenvalue weighted by atomic mass is 32.1. The van der Waals surface area contributed by atoms with E-state index < -0.39 is 0 Å². The third-order valence-electron chi connectivity index (χ3n) is 2.50. The Kier molecular flexibility index (Phi) is 5.02. The van der Waals surface area contributed by atoms with Crippen LogP contribution >= 0.6 is 11.3 Å². The summed E-state index contributed by atoms with van der Waals surface area (Å²) in [4.78, 5) is 16.8. The molecule has 0 unspecified atom stereocenters. The van der Waals surface area contributed by atoms with Gasteiger partial charge in [-0.1, -0.05) is 32.1 Å². The van der Waals surface area contributed by atoms with Gasteiger partial charge in [0.25, 0.3) is 5.91 Å². The van der Waals surface area contributed by atoms with Crippen LogP contribution in [0.25, 0.3) is 0 Å². The van der Waals surface area contributed by atoms with Crippen molar-refractivity contribution in [1.82, 2.24) is 10.3 Å². The average Bonchev–Trinajstić information content (AvgIpc) is 2.54. The number of thiazole rings is 1. The summed E-state index contributed by atoms with van der Waals surface area (Å²) in [5.41, 5.74) is 5.91. The Morgan fingerprint density at radius 1 is 1.25 bits per heavy atom. The van der Waals surface area contributed by atoms with E-state index >= 15 is 0 Å². The first-order chi connectivity index (χ1) is 8.98. The Balaban J connectivity index is 2.65. The average molecular weight is 298 g/mol. The number of carbonyl (C=O) groups is 1. The zero-order valence-corrected chi connectivity index (χ0v) is 14.1. The minimum atomic E-state index is -0.147. The van der Waals surface area contributed by atoms with Crippen LogP contribution in [0, 0.1) is 5.41 Å². The lowest BCUT2D eigenvalue weighted by molar-refractivity contribution is 0.0954. The van der Waals surface area contributed by atoms with E-state index in [4.69, 9.17) is 5.73 Å². The molecular formula is C14H26N4OS. The normalized spacial score (nSPS) is 12.3. The Morgan fingerprint density at radius 3 is 2.35 bits per heavy atom. The second kappa shape index (κ2) is 5.99. The molecule has 6 heteroatoms. The molecule has 0 aliphatic carbocycles. The number of carbonyl (C=O) groups excluding carboxylic acids is 1. The first kappa shape index (κ1) is 16.8. The van der Waals surface area contributed by atoms with E-state index in [2.05, 4.69) is 36.4 Å². The van der Waals surface area contributed by atoms with Crippen LogP contribution in [0.4, 0.5) is 10.9 Å². The molecule has 0 saturated carbocycles. The van der Waals surface area contributed by atoms with Gasteiger partial charge >= 0.3 is 0 Å². The molecule has 0 aliphatic rings. The summed E-state index contributed by atoms with van der Waals surface area (Å²) in [6, 6.07) is 0. The van der Waals surface area contributed by atoms with Crippen molar-refractivity contribution in [3.8, 4) is 0 Å². The summed E-state index contributed by atoms with van der Waals surface area (Å²) in [6.45, 7) is 13.2. The van der Waals surface area contributed by atoms with E-state index in [1.807, 2.05) is 20.8 Å². The number of nitrogens with zero attached hydrogens (tertiary/aromatic N) is 1. The Morgan fingerprint density at radius 2 is 1.85 bits per heavy atom. The van der Waals surface area contributed by atoms with E-state index in [9.17, 15) is 4.79 Å². The van der Waals surface area contributed by atoms with Crippen LogP contribution < -0.4 is 16.4 Å². The summed E-state index contributed by atoms with van der Waals surface area (Å²) in [7, 11) is 0. The van der Waals surface area contributed by atoms with Crippen molar-refractivity contribution < 1.29 is 4.79 Å². The van der Waals surface area contributed by atoms with Gasteiger partial charge in [-0.2, -0.15) is 0 Å². The molecule has 0 fully saturated rings. The van der Waals surface area contributed by atoms with E-state index in [1.165, 1.54) is 11.3 Å². The molecule has 0 spiro atoms. The molecular weight excluding hydrogens is 272 g/mol. The highest BCUT2D eigenvalue weighted by Crippen LogP contribution is 2.27. The molecule has 0 atom stereocenters. The molecule has 0 aliphatic heterocycles. The van der Waals surface area contributed by atoms with Gasteiger partial charge in [-0.05, 0) is 32.6 Å². The standard InChI is InChI=1S/C14H26N4OS/c1-13(2,3)7-8-16-11(19)9-10(15)17-12(20-9)18-14(4,5)6/h7-8,15H2,1-6H3,(H,16,19)(H,17,18). The zero-order valence-electron chi connectivity index (χ0n) is 13.3. The number of hydrogen-bond donors (Lipinski definition) is 3. The van der Waals surface area contributed by atoms with E-state index in [0.717, 1.165) is 6.42 Å². The van der Waals surface area contributed by atoms with Crippen LogP contribution in [0.15, 0.2) is 0 Å². The smallest absolute Gasteiger partial charge is 0.265 e. The predicted octanol–water partition coefficient (Wildman–Crippen LogP) is 3.10. The fraction of sp³-hybridized carbons (Fsp3) is 0.714. The molecule has 1 heterocycles. The fourth-order valence-electron chi connectivity index (χ4n) is 1.50. The van der Waals surface area contributed by atoms with Gasteiger partial charge in [0, 0.05) is 12.1 Å². The predicted molar refractivity (Wildman–Crippen MR) is 86.3 cm³/mol. The van der Waals surface area contributed by atoms with Gasteiger partial charge in [-0.15, -0.1) is 0 Å². The molecule has 1 amide bonds. The highest BCUT2D eigenvalue weighted by molar-refractivity contribution is 7.18. The number of nitrogens with two attached hydrogens (primary N) is 1. The number of hydrogen-bond acceptors (Lipinski definition) is 5. The van der Waals surface area contributed by atoms with Crippen LogP contribution in [0.3, 0.4) is 0 Å². The van der Waals surface area contributed by atoms with Crippen molar-refractivity contribution >= 4 is 28.2 Å². The van der Waals surface area contributed by atoms with Crippen LogP contribution in [0.1, 0.15) is 57.6 Å². The van der Waals surface area contributed by atoms with Crippen LogP contribution in [0.2, 0.25) is 0 Å². The molecule has 20 heavy (non-hydrogen) atoms. The summed E-state index contributed by atoms with van der Waals surface area (Å²) < 4.78 is 0. The maximum absolute atomic E-state index is 12.1. The van der Waals surface area contributed by atoms with Crippen molar-refractivity contribution in [2.45, 2.75) is 53.5 Å². The van der Waals surface area contributed by atoms with Crippen LogP contribution in [-0.4, -0.2) is 23.0 Å². The Hall–Kier alpha value is -1.30. The summed E-state index contributed by atoms with van der Waals surface area (Å²) in [5.74, 6) is 0.140. The summed E-state index contributed by atoms with van der Waals surface area (Å²) in [5, 5.41) is 6.80. The number of anilines is 2. The van der Waals surface area contributed by atoms with Gasteiger partial charge in [0.15, 0.2) is 5.13 Å². The summed E-state index contributed by atoms with van der Waals surface area (Å²) >= 11 is 1.29.